The molecule has 1 aliphatic heterocycles. The molecule has 4 heteroatoms. The third kappa shape index (κ3) is 3.56. The van der Waals surface area contributed by atoms with Gasteiger partial charge in [-0.15, -0.1) is 0 Å². The molecule has 0 unspecified atom stereocenters. The van der Waals surface area contributed by atoms with E-state index in [1.54, 1.807) is 6.92 Å². The van der Waals surface area contributed by atoms with Gasteiger partial charge < -0.3 is 5.32 Å². The van der Waals surface area contributed by atoms with E-state index in [4.69, 9.17) is 0 Å². The zero-order valence-electron chi connectivity index (χ0n) is 12.2. The van der Waals surface area contributed by atoms with Crippen molar-refractivity contribution in [2.24, 2.45) is 5.92 Å². The molecule has 108 valence electrons. The first kappa shape index (κ1) is 14.5. The molecule has 0 aromatic carbocycles. The maximum atomic E-state index is 12.3. The summed E-state index contributed by atoms with van der Waals surface area (Å²) in [7, 11) is 1.99. The van der Waals surface area contributed by atoms with Gasteiger partial charge in [0.25, 0.3) is 0 Å². The minimum absolute atomic E-state index is 0.0366. The lowest BCUT2D eigenvalue weighted by Gasteiger charge is -2.30. The molecule has 0 aromatic heterocycles. The number of amides is 1. The summed E-state index contributed by atoms with van der Waals surface area (Å²) in [5.41, 5.74) is 0. The molecule has 1 aliphatic carbocycles. The van der Waals surface area contributed by atoms with Crippen molar-refractivity contribution >= 4 is 11.7 Å². The Balaban J connectivity index is 1.95. The lowest BCUT2D eigenvalue weighted by molar-refractivity contribution is -0.130. The second kappa shape index (κ2) is 6.51. The zero-order valence-corrected chi connectivity index (χ0v) is 12.2. The number of hydrogen-bond donors (Lipinski definition) is 1. The van der Waals surface area contributed by atoms with E-state index in [1.807, 2.05) is 7.05 Å². The van der Waals surface area contributed by atoms with E-state index in [9.17, 15) is 9.59 Å². The largest absolute Gasteiger partial charge is 0.345 e. The van der Waals surface area contributed by atoms with Crippen LogP contribution < -0.4 is 5.32 Å². The molecular weight excluding hydrogens is 240 g/mol. The average Bonchev–Trinajstić information content (AvgIpc) is 2.82. The highest BCUT2D eigenvalue weighted by atomic mass is 16.2. The number of nitrogens with one attached hydrogen (secondary N) is 1. The molecule has 4 nitrogen and oxygen atoms in total. The Hall–Kier alpha value is -0.900. The molecule has 2 fully saturated rings. The number of carbonyl (C=O) groups is 2. The molecule has 1 heterocycles. The molecular formula is C15H26N2O2. The van der Waals surface area contributed by atoms with Gasteiger partial charge in [0.2, 0.25) is 5.91 Å². The third-order valence-electron chi connectivity index (χ3n) is 4.68. The van der Waals surface area contributed by atoms with Crippen molar-refractivity contribution in [3.05, 3.63) is 0 Å². The predicted octanol–water partition coefficient (Wildman–Crippen LogP) is 1.73. The van der Waals surface area contributed by atoms with Crippen LogP contribution in [0.3, 0.4) is 0 Å². The van der Waals surface area contributed by atoms with Crippen LogP contribution in [0.1, 0.15) is 51.9 Å². The second-order valence-electron chi connectivity index (χ2n) is 6.13. The number of likely N-dealkylation sites (N-methyl/N-ethyl adjacent to an activating group) is 1. The van der Waals surface area contributed by atoms with Crippen molar-refractivity contribution < 1.29 is 9.59 Å². The van der Waals surface area contributed by atoms with Gasteiger partial charge in [-0.25, -0.2) is 0 Å². The maximum absolute atomic E-state index is 12.3. The van der Waals surface area contributed by atoms with Crippen LogP contribution in [-0.2, 0) is 9.59 Å². The van der Waals surface area contributed by atoms with Gasteiger partial charge in [0.1, 0.15) is 0 Å². The van der Waals surface area contributed by atoms with Crippen LogP contribution in [0.25, 0.3) is 0 Å². The monoisotopic (exact) mass is 266 g/mol. The van der Waals surface area contributed by atoms with Gasteiger partial charge in [0.15, 0.2) is 5.78 Å². The molecule has 0 bridgehead atoms. The summed E-state index contributed by atoms with van der Waals surface area (Å²) in [4.78, 5) is 26.2. The number of ketones is 1. The Bertz CT molecular complexity index is 337. The van der Waals surface area contributed by atoms with E-state index in [-0.39, 0.29) is 23.8 Å². The van der Waals surface area contributed by atoms with Crippen molar-refractivity contribution in [1.82, 2.24) is 10.2 Å². The lowest BCUT2D eigenvalue weighted by atomic mass is 9.82. The van der Waals surface area contributed by atoms with Crippen LogP contribution in [0.15, 0.2) is 0 Å². The van der Waals surface area contributed by atoms with Crippen molar-refractivity contribution in [1.29, 1.82) is 0 Å². The third-order valence-corrected chi connectivity index (χ3v) is 4.68. The van der Waals surface area contributed by atoms with Crippen molar-refractivity contribution in [2.75, 3.05) is 13.6 Å². The van der Waals surface area contributed by atoms with Crippen LogP contribution in [0.4, 0.5) is 0 Å². The van der Waals surface area contributed by atoms with Crippen molar-refractivity contribution in [3.63, 3.8) is 0 Å². The molecule has 2 atom stereocenters. The molecule has 0 aromatic rings. The average molecular weight is 266 g/mol. The van der Waals surface area contributed by atoms with E-state index >= 15 is 0 Å². The Kier molecular flexibility index (Phi) is 4.97. The van der Waals surface area contributed by atoms with Gasteiger partial charge in [-0.1, -0.05) is 19.3 Å². The number of Topliss-reactive ketones (excluding diaryl/α,β-unsaturated/α-hetero) is 1. The van der Waals surface area contributed by atoms with Crippen LogP contribution in [0.5, 0.6) is 0 Å². The summed E-state index contributed by atoms with van der Waals surface area (Å²) < 4.78 is 0. The molecule has 1 saturated carbocycles. The van der Waals surface area contributed by atoms with Crippen LogP contribution >= 0.6 is 0 Å². The van der Waals surface area contributed by atoms with Gasteiger partial charge in [-0.05, 0) is 52.1 Å². The number of carbonyl (C=O) groups excluding carboxylic acids is 2. The van der Waals surface area contributed by atoms with Crippen LogP contribution in [0.2, 0.25) is 0 Å². The first-order chi connectivity index (χ1) is 9.09. The smallest absolute Gasteiger partial charge is 0.237 e. The van der Waals surface area contributed by atoms with E-state index < -0.39 is 0 Å². The van der Waals surface area contributed by atoms with Crippen LogP contribution in [-0.4, -0.2) is 42.3 Å². The van der Waals surface area contributed by atoms with Crippen molar-refractivity contribution in [2.45, 2.75) is 64.0 Å². The molecule has 0 spiro atoms. The first-order valence-electron chi connectivity index (χ1n) is 7.60. The SMILES string of the molecule is CC(=O)[C@@H](NC(=O)[C@@H]1CCCN1C)C1CCCCC1. The Morgan fingerprint density at radius 1 is 1.11 bits per heavy atom. The number of nitrogens with zero attached hydrogens (tertiary/aromatic N) is 1. The minimum Gasteiger partial charge on any atom is -0.345 e. The Labute approximate surface area is 115 Å². The molecule has 1 saturated heterocycles. The molecule has 2 rings (SSSR count). The minimum atomic E-state index is -0.262. The van der Waals surface area contributed by atoms with Crippen molar-refractivity contribution in [3.8, 4) is 0 Å². The fraction of sp³-hybridized carbons (Fsp3) is 0.867. The predicted molar refractivity (Wildman–Crippen MR) is 74.8 cm³/mol. The fourth-order valence-corrected chi connectivity index (χ4v) is 3.51. The quantitative estimate of drug-likeness (QED) is 0.843. The summed E-state index contributed by atoms with van der Waals surface area (Å²) in [5, 5.41) is 3.03. The Morgan fingerprint density at radius 3 is 2.32 bits per heavy atom. The highest BCUT2D eigenvalue weighted by Crippen LogP contribution is 2.27. The molecule has 2 aliphatic rings. The second-order valence-corrected chi connectivity index (χ2v) is 6.13. The molecule has 19 heavy (non-hydrogen) atoms. The van der Waals surface area contributed by atoms with E-state index in [0.717, 1.165) is 32.2 Å². The molecule has 1 amide bonds. The van der Waals surface area contributed by atoms with E-state index in [0.29, 0.717) is 5.92 Å². The maximum Gasteiger partial charge on any atom is 0.237 e. The van der Waals surface area contributed by atoms with Gasteiger partial charge in [-0.3, -0.25) is 14.5 Å². The summed E-state index contributed by atoms with van der Waals surface area (Å²) in [6, 6.07) is -0.299. The highest BCUT2D eigenvalue weighted by molar-refractivity contribution is 5.90. The van der Waals surface area contributed by atoms with Gasteiger partial charge in [0, 0.05) is 0 Å². The van der Waals surface area contributed by atoms with Gasteiger partial charge in [-0.2, -0.15) is 0 Å². The Morgan fingerprint density at radius 2 is 1.79 bits per heavy atom. The highest BCUT2D eigenvalue weighted by Gasteiger charge is 2.33. The molecule has 0 radical (unpaired) electrons. The van der Waals surface area contributed by atoms with E-state index in [2.05, 4.69) is 10.2 Å². The lowest BCUT2D eigenvalue weighted by Crippen LogP contribution is -2.51. The zero-order chi connectivity index (χ0) is 13.8. The van der Waals surface area contributed by atoms with E-state index in [1.165, 1.54) is 19.3 Å². The topological polar surface area (TPSA) is 49.4 Å². The summed E-state index contributed by atoms with van der Waals surface area (Å²) in [6.45, 7) is 2.59. The first-order valence-corrected chi connectivity index (χ1v) is 7.60. The normalized spacial score (nSPS) is 27.2. The summed E-state index contributed by atoms with van der Waals surface area (Å²) >= 11 is 0. The van der Waals surface area contributed by atoms with Gasteiger partial charge >= 0.3 is 0 Å². The fourth-order valence-electron chi connectivity index (χ4n) is 3.51. The van der Waals surface area contributed by atoms with Gasteiger partial charge in [0.05, 0.1) is 12.1 Å². The summed E-state index contributed by atoms with van der Waals surface area (Å²) in [5.74, 6) is 0.508. The number of rotatable bonds is 4. The standard InChI is InChI=1S/C15H26N2O2/c1-11(18)14(12-7-4-3-5-8-12)16-15(19)13-9-6-10-17(13)2/h12-14H,3-10H2,1-2H3,(H,16,19)/t13-,14+/m0/s1. The molecule has 1 N–H and O–H groups in total. The number of hydrogen-bond acceptors (Lipinski definition) is 3. The van der Waals surface area contributed by atoms with Crippen LogP contribution in [0, 0.1) is 5.92 Å². The number of likely N-dealkylation sites (tertiary alicyclic amines) is 1. The summed E-state index contributed by atoms with van der Waals surface area (Å²) in [6.07, 6.45) is 7.78.